The summed E-state index contributed by atoms with van der Waals surface area (Å²) in [6, 6.07) is 10.0. The summed E-state index contributed by atoms with van der Waals surface area (Å²) in [7, 11) is 0. The molecule has 0 fully saturated rings. The largest absolute Gasteiger partial charge is 0.293 e. The SMILES string of the molecule is CSc1ncc2c(n1)CCN(Cc1cn(-c3ccccc3)nn1)C2. The van der Waals surface area contributed by atoms with Crippen LogP contribution in [0.25, 0.3) is 5.69 Å². The minimum absolute atomic E-state index is 0.788. The maximum atomic E-state index is 4.61. The molecule has 2 aromatic heterocycles. The summed E-state index contributed by atoms with van der Waals surface area (Å²) in [5.41, 5.74) is 4.40. The number of para-hydroxylation sites is 1. The molecule has 3 aromatic rings. The molecule has 0 unspecified atom stereocenters. The van der Waals surface area contributed by atoms with Gasteiger partial charge in [0.25, 0.3) is 0 Å². The third-order valence-electron chi connectivity index (χ3n) is 4.12. The van der Waals surface area contributed by atoms with Gasteiger partial charge in [0.2, 0.25) is 0 Å². The molecule has 1 aromatic carbocycles. The minimum Gasteiger partial charge on any atom is -0.293 e. The Morgan fingerprint density at radius 2 is 2.08 bits per heavy atom. The normalized spacial score (nSPS) is 14.5. The van der Waals surface area contributed by atoms with Crippen LogP contribution >= 0.6 is 11.8 Å². The first-order valence-corrected chi connectivity index (χ1v) is 9.12. The van der Waals surface area contributed by atoms with Gasteiger partial charge in [-0.15, -0.1) is 5.10 Å². The Labute approximate surface area is 144 Å². The van der Waals surface area contributed by atoms with Crippen molar-refractivity contribution in [3.05, 3.63) is 59.7 Å². The highest BCUT2D eigenvalue weighted by atomic mass is 32.2. The zero-order chi connectivity index (χ0) is 16.4. The van der Waals surface area contributed by atoms with Crippen LogP contribution in [0, 0.1) is 0 Å². The number of nitrogens with zero attached hydrogens (tertiary/aromatic N) is 6. The summed E-state index contributed by atoms with van der Waals surface area (Å²) in [5.74, 6) is 0. The van der Waals surface area contributed by atoms with Gasteiger partial charge in [-0.2, -0.15) is 0 Å². The highest BCUT2D eigenvalue weighted by molar-refractivity contribution is 7.98. The van der Waals surface area contributed by atoms with Crippen molar-refractivity contribution in [2.45, 2.75) is 24.7 Å². The number of rotatable bonds is 4. The van der Waals surface area contributed by atoms with Crippen molar-refractivity contribution in [1.29, 1.82) is 0 Å². The van der Waals surface area contributed by atoms with E-state index < -0.39 is 0 Å². The lowest BCUT2D eigenvalue weighted by Crippen LogP contribution is -2.31. The first-order chi connectivity index (χ1) is 11.8. The standard InChI is InChI=1S/C17H18N6S/c1-24-17-18-9-13-10-22(8-7-16(13)19-17)11-14-12-23(21-20-14)15-5-3-2-4-6-15/h2-6,9,12H,7-8,10-11H2,1H3. The van der Waals surface area contributed by atoms with Crippen molar-refractivity contribution in [1.82, 2.24) is 29.9 Å². The van der Waals surface area contributed by atoms with E-state index in [2.05, 4.69) is 25.2 Å². The maximum Gasteiger partial charge on any atom is 0.187 e. The lowest BCUT2D eigenvalue weighted by atomic mass is 10.1. The number of benzene rings is 1. The molecule has 0 bridgehead atoms. The molecule has 7 heteroatoms. The summed E-state index contributed by atoms with van der Waals surface area (Å²) in [5, 5.41) is 9.39. The van der Waals surface area contributed by atoms with Gasteiger partial charge in [0, 0.05) is 37.8 Å². The highest BCUT2D eigenvalue weighted by Crippen LogP contribution is 2.20. The number of thioether (sulfide) groups is 1. The first kappa shape index (κ1) is 15.3. The van der Waals surface area contributed by atoms with E-state index in [1.807, 2.05) is 53.7 Å². The zero-order valence-electron chi connectivity index (χ0n) is 13.5. The molecule has 0 amide bonds. The van der Waals surface area contributed by atoms with E-state index in [9.17, 15) is 0 Å². The van der Waals surface area contributed by atoms with Crippen molar-refractivity contribution in [3.8, 4) is 5.69 Å². The van der Waals surface area contributed by atoms with Gasteiger partial charge in [-0.1, -0.05) is 35.2 Å². The van der Waals surface area contributed by atoms with E-state index in [1.54, 1.807) is 11.8 Å². The summed E-state index contributed by atoms with van der Waals surface area (Å²) in [6.45, 7) is 2.63. The quantitative estimate of drug-likeness (QED) is 0.537. The van der Waals surface area contributed by atoms with Crippen LogP contribution in [0.1, 0.15) is 17.0 Å². The minimum atomic E-state index is 0.788. The molecule has 0 saturated heterocycles. The second-order valence-electron chi connectivity index (χ2n) is 5.78. The van der Waals surface area contributed by atoms with Crippen LogP contribution in [-0.2, 0) is 19.5 Å². The van der Waals surface area contributed by atoms with Crippen LogP contribution in [-0.4, -0.2) is 42.7 Å². The monoisotopic (exact) mass is 338 g/mol. The second-order valence-corrected chi connectivity index (χ2v) is 6.55. The average Bonchev–Trinajstić information content (AvgIpc) is 3.10. The Hall–Kier alpha value is -2.25. The fourth-order valence-corrected chi connectivity index (χ4v) is 3.26. The molecule has 0 saturated carbocycles. The molecule has 6 nitrogen and oxygen atoms in total. The molecule has 0 radical (unpaired) electrons. The Kier molecular flexibility index (Phi) is 4.27. The van der Waals surface area contributed by atoms with Crippen LogP contribution in [0.2, 0.25) is 0 Å². The average molecular weight is 338 g/mol. The van der Waals surface area contributed by atoms with Crippen LogP contribution in [0.3, 0.4) is 0 Å². The van der Waals surface area contributed by atoms with Crippen LogP contribution < -0.4 is 0 Å². The topological polar surface area (TPSA) is 59.7 Å². The highest BCUT2D eigenvalue weighted by Gasteiger charge is 2.19. The van der Waals surface area contributed by atoms with Gasteiger partial charge >= 0.3 is 0 Å². The van der Waals surface area contributed by atoms with E-state index >= 15 is 0 Å². The molecule has 0 atom stereocenters. The number of fused-ring (bicyclic) bond motifs is 1. The van der Waals surface area contributed by atoms with Crippen molar-refractivity contribution >= 4 is 11.8 Å². The van der Waals surface area contributed by atoms with Gasteiger partial charge in [-0.05, 0) is 18.4 Å². The van der Waals surface area contributed by atoms with Gasteiger partial charge in [0.15, 0.2) is 5.16 Å². The second kappa shape index (κ2) is 6.70. The lowest BCUT2D eigenvalue weighted by molar-refractivity contribution is 0.239. The maximum absolute atomic E-state index is 4.61. The molecule has 24 heavy (non-hydrogen) atoms. The van der Waals surface area contributed by atoms with E-state index in [0.717, 1.165) is 42.6 Å². The molecule has 122 valence electrons. The van der Waals surface area contributed by atoms with E-state index in [0.29, 0.717) is 0 Å². The van der Waals surface area contributed by atoms with Gasteiger partial charge < -0.3 is 0 Å². The molecule has 1 aliphatic rings. The fourth-order valence-electron chi connectivity index (χ4n) is 2.90. The number of hydrogen-bond acceptors (Lipinski definition) is 6. The van der Waals surface area contributed by atoms with Crippen LogP contribution in [0.5, 0.6) is 0 Å². The molecule has 0 N–H and O–H groups in total. The summed E-state index contributed by atoms with van der Waals surface area (Å²) >= 11 is 1.59. The lowest BCUT2D eigenvalue weighted by Gasteiger charge is -2.27. The fraction of sp³-hybridized carbons (Fsp3) is 0.294. The van der Waals surface area contributed by atoms with Crippen LogP contribution in [0.15, 0.2) is 47.9 Å². The van der Waals surface area contributed by atoms with Crippen LogP contribution in [0.4, 0.5) is 0 Å². The molecule has 0 aliphatic carbocycles. The van der Waals surface area contributed by atoms with Gasteiger partial charge in [-0.3, -0.25) is 4.90 Å². The molecule has 1 aliphatic heterocycles. The molecule has 4 rings (SSSR count). The summed E-state index contributed by atoms with van der Waals surface area (Å²) in [6.07, 6.45) is 6.92. The molecule has 3 heterocycles. The summed E-state index contributed by atoms with van der Waals surface area (Å²) < 4.78 is 1.82. The van der Waals surface area contributed by atoms with E-state index in [4.69, 9.17) is 0 Å². The Morgan fingerprint density at radius 3 is 2.92 bits per heavy atom. The third kappa shape index (κ3) is 3.18. The number of aromatic nitrogens is 5. The Morgan fingerprint density at radius 1 is 1.21 bits per heavy atom. The van der Waals surface area contributed by atoms with Crippen molar-refractivity contribution < 1.29 is 0 Å². The predicted octanol–water partition coefficient (Wildman–Crippen LogP) is 2.34. The van der Waals surface area contributed by atoms with Gasteiger partial charge in [0.1, 0.15) is 0 Å². The van der Waals surface area contributed by atoms with Crippen molar-refractivity contribution in [2.24, 2.45) is 0 Å². The van der Waals surface area contributed by atoms with Gasteiger partial charge in [-0.25, -0.2) is 14.6 Å². The Balaban J connectivity index is 1.46. The first-order valence-electron chi connectivity index (χ1n) is 7.89. The summed E-state index contributed by atoms with van der Waals surface area (Å²) in [4.78, 5) is 11.4. The smallest absolute Gasteiger partial charge is 0.187 e. The van der Waals surface area contributed by atoms with Crippen molar-refractivity contribution in [2.75, 3.05) is 12.8 Å². The van der Waals surface area contributed by atoms with E-state index in [-0.39, 0.29) is 0 Å². The van der Waals surface area contributed by atoms with Gasteiger partial charge in [0.05, 0.1) is 23.3 Å². The predicted molar refractivity (Wildman–Crippen MR) is 93.0 cm³/mol. The van der Waals surface area contributed by atoms with E-state index in [1.165, 1.54) is 11.3 Å². The number of hydrogen-bond donors (Lipinski definition) is 0. The Bertz CT molecular complexity index is 832. The third-order valence-corrected chi connectivity index (χ3v) is 4.68. The molecular formula is C17H18N6S. The zero-order valence-corrected chi connectivity index (χ0v) is 14.3. The van der Waals surface area contributed by atoms with Crippen molar-refractivity contribution in [3.63, 3.8) is 0 Å². The molecular weight excluding hydrogens is 320 g/mol. The molecule has 0 spiro atoms.